The molecule has 7 nitrogen and oxygen atoms in total. The van der Waals surface area contributed by atoms with Crippen molar-refractivity contribution in [2.75, 3.05) is 19.8 Å². The predicted molar refractivity (Wildman–Crippen MR) is 72.9 cm³/mol. The summed E-state index contributed by atoms with van der Waals surface area (Å²) in [5.74, 6) is -1.29. The van der Waals surface area contributed by atoms with E-state index in [9.17, 15) is 9.59 Å². The number of carboxylic acids is 1. The molecule has 1 fully saturated rings. The third-order valence-electron chi connectivity index (χ3n) is 3.48. The molecule has 0 bridgehead atoms. The molecule has 3 rings (SSSR count). The van der Waals surface area contributed by atoms with Crippen molar-refractivity contribution < 1.29 is 19.4 Å². The van der Waals surface area contributed by atoms with E-state index in [1.807, 2.05) is 28.8 Å². The van der Waals surface area contributed by atoms with Gasteiger partial charge in [0.1, 0.15) is 5.65 Å². The second-order valence-corrected chi connectivity index (χ2v) is 4.89. The van der Waals surface area contributed by atoms with Crippen LogP contribution in [-0.4, -0.2) is 57.1 Å². The highest BCUT2D eigenvalue weighted by Gasteiger charge is 2.32. The molecule has 0 aliphatic carbocycles. The fourth-order valence-corrected chi connectivity index (χ4v) is 2.44. The van der Waals surface area contributed by atoms with Crippen molar-refractivity contribution in [3.8, 4) is 0 Å². The number of nitrogens with zero attached hydrogens (tertiary/aromatic N) is 3. The molecular weight excluding hydrogens is 274 g/mol. The second-order valence-electron chi connectivity index (χ2n) is 4.89. The van der Waals surface area contributed by atoms with Gasteiger partial charge >= 0.3 is 5.97 Å². The van der Waals surface area contributed by atoms with Crippen LogP contribution in [0, 0.1) is 0 Å². The van der Waals surface area contributed by atoms with E-state index in [0.717, 1.165) is 5.65 Å². The van der Waals surface area contributed by atoms with Crippen molar-refractivity contribution in [2.24, 2.45) is 0 Å². The summed E-state index contributed by atoms with van der Waals surface area (Å²) < 4.78 is 6.96. The molecule has 1 atom stereocenters. The Morgan fingerprint density at radius 3 is 3.05 bits per heavy atom. The van der Waals surface area contributed by atoms with Crippen molar-refractivity contribution in [3.05, 3.63) is 36.3 Å². The quantitative estimate of drug-likeness (QED) is 0.872. The SMILES string of the molecule is O=C(O)C1COCCN1C(=O)Cc1cn2ccccc2n1. The second kappa shape index (κ2) is 5.53. The van der Waals surface area contributed by atoms with E-state index >= 15 is 0 Å². The van der Waals surface area contributed by atoms with Crippen LogP contribution in [0.15, 0.2) is 30.6 Å². The van der Waals surface area contributed by atoms with Gasteiger partial charge in [-0.2, -0.15) is 0 Å². The van der Waals surface area contributed by atoms with Crippen LogP contribution < -0.4 is 0 Å². The summed E-state index contributed by atoms with van der Waals surface area (Å²) in [4.78, 5) is 29.2. The first-order chi connectivity index (χ1) is 10.1. The van der Waals surface area contributed by atoms with Crippen LogP contribution in [0.3, 0.4) is 0 Å². The average molecular weight is 289 g/mol. The number of aromatic nitrogens is 2. The Morgan fingerprint density at radius 2 is 2.29 bits per heavy atom. The molecule has 1 saturated heterocycles. The van der Waals surface area contributed by atoms with Crippen LogP contribution in [0.25, 0.3) is 5.65 Å². The van der Waals surface area contributed by atoms with Gasteiger partial charge in [-0.15, -0.1) is 0 Å². The number of morpholine rings is 1. The number of aliphatic carboxylic acids is 1. The standard InChI is InChI=1S/C14H15N3O4/c18-13(17-5-6-21-9-11(17)14(19)20)7-10-8-16-4-2-1-3-12(16)15-10/h1-4,8,11H,5-7,9H2,(H,19,20). The minimum absolute atomic E-state index is 0.0340. The van der Waals surface area contributed by atoms with E-state index in [2.05, 4.69) is 4.98 Å². The van der Waals surface area contributed by atoms with Crippen molar-refractivity contribution in [1.29, 1.82) is 0 Å². The Balaban J connectivity index is 1.76. The first-order valence-electron chi connectivity index (χ1n) is 6.68. The van der Waals surface area contributed by atoms with E-state index < -0.39 is 12.0 Å². The molecule has 1 aliphatic rings. The molecule has 110 valence electrons. The Kier molecular flexibility index (Phi) is 3.57. The zero-order chi connectivity index (χ0) is 14.8. The highest BCUT2D eigenvalue weighted by atomic mass is 16.5. The first-order valence-corrected chi connectivity index (χ1v) is 6.68. The number of pyridine rings is 1. The largest absolute Gasteiger partial charge is 0.480 e. The van der Waals surface area contributed by atoms with Gasteiger partial charge < -0.3 is 19.1 Å². The third kappa shape index (κ3) is 2.73. The zero-order valence-electron chi connectivity index (χ0n) is 11.3. The number of carbonyl (C=O) groups is 2. The van der Waals surface area contributed by atoms with E-state index in [1.165, 1.54) is 4.90 Å². The molecule has 1 N–H and O–H groups in total. The highest BCUT2D eigenvalue weighted by Crippen LogP contribution is 2.11. The van der Waals surface area contributed by atoms with E-state index in [-0.39, 0.29) is 18.9 Å². The van der Waals surface area contributed by atoms with Crippen LogP contribution in [0.4, 0.5) is 0 Å². The smallest absolute Gasteiger partial charge is 0.328 e. The van der Waals surface area contributed by atoms with Gasteiger partial charge in [0.15, 0.2) is 6.04 Å². The first kappa shape index (κ1) is 13.6. The van der Waals surface area contributed by atoms with Crippen molar-refractivity contribution >= 4 is 17.5 Å². The van der Waals surface area contributed by atoms with Gasteiger partial charge in [-0.25, -0.2) is 9.78 Å². The van der Waals surface area contributed by atoms with Crippen LogP contribution in [0.1, 0.15) is 5.69 Å². The summed E-state index contributed by atoms with van der Waals surface area (Å²) in [6, 6.07) is 4.69. The van der Waals surface area contributed by atoms with Gasteiger partial charge in [0, 0.05) is 18.9 Å². The molecule has 3 heterocycles. The van der Waals surface area contributed by atoms with E-state index in [4.69, 9.17) is 9.84 Å². The molecule has 1 amide bonds. The molecule has 0 radical (unpaired) electrons. The third-order valence-corrected chi connectivity index (χ3v) is 3.48. The maximum absolute atomic E-state index is 12.3. The summed E-state index contributed by atoms with van der Waals surface area (Å²) in [6.07, 6.45) is 3.72. The molecule has 1 unspecified atom stereocenters. The van der Waals surface area contributed by atoms with Crippen LogP contribution in [0.5, 0.6) is 0 Å². The molecule has 1 aliphatic heterocycles. The normalized spacial score (nSPS) is 18.9. The maximum Gasteiger partial charge on any atom is 0.328 e. The molecular formula is C14H15N3O4. The Morgan fingerprint density at radius 1 is 1.43 bits per heavy atom. The lowest BCUT2D eigenvalue weighted by Gasteiger charge is -2.32. The lowest BCUT2D eigenvalue weighted by Crippen LogP contribution is -2.53. The predicted octanol–water partition coefficient (Wildman–Crippen LogP) is 0.189. The lowest BCUT2D eigenvalue weighted by molar-refractivity contribution is -0.158. The summed E-state index contributed by atoms with van der Waals surface area (Å²) >= 11 is 0. The van der Waals surface area contributed by atoms with Gasteiger partial charge in [-0.1, -0.05) is 6.07 Å². The van der Waals surface area contributed by atoms with Gasteiger partial charge in [-0.05, 0) is 12.1 Å². The van der Waals surface area contributed by atoms with Gasteiger partial charge in [0.2, 0.25) is 5.91 Å². The molecule has 0 saturated carbocycles. The Hall–Kier alpha value is -2.41. The zero-order valence-corrected chi connectivity index (χ0v) is 11.3. The van der Waals surface area contributed by atoms with Crippen molar-refractivity contribution in [1.82, 2.24) is 14.3 Å². The summed E-state index contributed by atoms with van der Waals surface area (Å²) in [5.41, 5.74) is 1.39. The maximum atomic E-state index is 12.3. The number of imidazole rings is 1. The molecule has 7 heteroatoms. The van der Waals surface area contributed by atoms with Crippen LogP contribution in [-0.2, 0) is 20.7 Å². The number of carboxylic acid groups (broad SMARTS) is 1. The highest BCUT2D eigenvalue weighted by molar-refractivity contribution is 5.85. The monoisotopic (exact) mass is 289 g/mol. The minimum atomic E-state index is -1.04. The number of amides is 1. The molecule has 2 aromatic rings. The van der Waals surface area contributed by atoms with Gasteiger partial charge in [-0.3, -0.25) is 4.79 Å². The molecule has 0 aromatic carbocycles. The summed E-state index contributed by atoms with van der Waals surface area (Å²) in [6.45, 7) is 0.691. The number of fused-ring (bicyclic) bond motifs is 1. The number of hydrogen-bond donors (Lipinski definition) is 1. The molecule has 0 spiro atoms. The van der Waals surface area contributed by atoms with Crippen molar-refractivity contribution in [3.63, 3.8) is 0 Å². The Bertz CT molecular complexity index is 649. The fourth-order valence-electron chi connectivity index (χ4n) is 2.44. The summed E-state index contributed by atoms with van der Waals surface area (Å²) in [5, 5.41) is 9.14. The fraction of sp³-hybridized carbons (Fsp3) is 0.357. The minimum Gasteiger partial charge on any atom is -0.480 e. The van der Waals surface area contributed by atoms with Crippen molar-refractivity contribution in [2.45, 2.75) is 12.5 Å². The average Bonchev–Trinajstić information content (AvgIpc) is 2.89. The Labute approximate surface area is 120 Å². The number of carbonyl (C=O) groups excluding carboxylic acids is 1. The van der Waals surface area contributed by atoms with Crippen LogP contribution in [0.2, 0.25) is 0 Å². The topological polar surface area (TPSA) is 84.1 Å². The van der Waals surface area contributed by atoms with E-state index in [0.29, 0.717) is 18.8 Å². The summed E-state index contributed by atoms with van der Waals surface area (Å²) in [7, 11) is 0. The van der Waals surface area contributed by atoms with Crippen LogP contribution >= 0.6 is 0 Å². The van der Waals surface area contributed by atoms with Gasteiger partial charge in [0.05, 0.1) is 25.3 Å². The van der Waals surface area contributed by atoms with Gasteiger partial charge in [0.25, 0.3) is 0 Å². The number of hydrogen-bond acceptors (Lipinski definition) is 4. The number of ether oxygens (including phenoxy) is 1. The number of rotatable bonds is 3. The molecule has 2 aromatic heterocycles. The van der Waals surface area contributed by atoms with E-state index in [1.54, 1.807) is 6.20 Å². The lowest BCUT2D eigenvalue weighted by atomic mass is 10.2. The molecule has 21 heavy (non-hydrogen) atoms.